The van der Waals surface area contributed by atoms with Gasteiger partial charge in [-0.1, -0.05) is 18.2 Å². The highest BCUT2D eigenvalue weighted by atomic mass is 19.4. The zero-order valence-corrected chi connectivity index (χ0v) is 23.0. The van der Waals surface area contributed by atoms with Crippen molar-refractivity contribution in [2.45, 2.75) is 44.4 Å². The summed E-state index contributed by atoms with van der Waals surface area (Å²) in [6, 6.07) is 9.41. The van der Waals surface area contributed by atoms with Gasteiger partial charge in [-0.3, -0.25) is 19.3 Å². The third kappa shape index (κ3) is 6.82. The average Bonchev–Trinajstić information content (AvgIpc) is 3.62. The number of primary amides is 1. The first-order valence-corrected chi connectivity index (χ1v) is 13.5. The summed E-state index contributed by atoms with van der Waals surface area (Å²) < 4.78 is 84.0. The number of nitrogens with one attached hydrogen (secondary N) is 1. The molecule has 228 valence electrons. The second-order valence-electron chi connectivity index (χ2n) is 10.3. The van der Waals surface area contributed by atoms with Crippen molar-refractivity contribution in [1.82, 2.24) is 20.1 Å². The number of hydrogen-bond acceptors (Lipinski definition) is 4. The third-order valence-electron chi connectivity index (χ3n) is 7.14. The highest BCUT2D eigenvalue weighted by molar-refractivity contribution is 5.94. The minimum Gasteiger partial charge on any atom is -0.366 e. The van der Waals surface area contributed by atoms with Gasteiger partial charge in [-0.15, -0.1) is 0 Å². The Morgan fingerprint density at radius 2 is 1.77 bits per heavy atom. The van der Waals surface area contributed by atoms with Crippen LogP contribution in [0.2, 0.25) is 0 Å². The van der Waals surface area contributed by atoms with E-state index in [1.165, 1.54) is 18.3 Å². The van der Waals surface area contributed by atoms with Crippen LogP contribution in [0, 0.1) is 17.5 Å². The molecule has 3 N–H and O–H groups in total. The van der Waals surface area contributed by atoms with Gasteiger partial charge in [0.15, 0.2) is 5.69 Å². The average molecular weight is 614 g/mol. The first-order chi connectivity index (χ1) is 20.9. The summed E-state index contributed by atoms with van der Waals surface area (Å²) in [7, 11) is 0. The number of rotatable bonds is 9. The molecule has 1 atom stereocenters. The molecule has 0 bridgehead atoms. The molecule has 4 aromatic rings. The fourth-order valence-corrected chi connectivity index (χ4v) is 5.22. The lowest BCUT2D eigenvalue weighted by Crippen LogP contribution is -2.34. The molecule has 44 heavy (non-hydrogen) atoms. The monoisotopic (exact) mass is 613 g/mol. The van der Waals surface area contributed by atoms with Crippen LogP contribution in [0.3, 0.4) is 0 Å². The number of hydrogen-bond donors (Lipinski definition) is 2. The van der Waals surface area contributed by atoms with Crippen molar-refractivity contribution < 1.29 is 35.9 Å². The van der Waals surface area contributed by atoms with Gasteiger partial charge >= 0.3 is 6.18 Å². The molecule has 5 rings (SSSR count). The van der Waals surface area contributed by atoms with Crippen LogP contribution in [0.15, 0.2) is 66.9 Å². The van der Waals surface area contributed by atoms with Gasteiger partial charge in [-0.2, -0.15) is 18.3 Å². The van der Waals surface area contributed by atoms with Gasteiger partial charge < -0.3 is 11.1 Å². The number of nitrogens with two attached hydrogens (primary N) is 1. The van der Waals surface area contributed by atoms with Gasteiger partial charge in [0.25, 0.3) is 5.91 Å². The lowest BCUT2D eigenvalue weighted by molar-refractivity contribution is -0.141. The Balaban J connectivity index is 1.53. The SMILES string of the molecule is NC(=O)c1cc(-c2cccnc2[C@H](Cc2cc(F)cc(F)c2)NC(=O)Cn2nc(C(F)(F)F)cc2C2=CCCC2)ccc1F. The van der Waals surface area contributed by atoms with E-state index in [2.05, 4.69) is 15.4 Å². The van der Waals surface area contributed by atoms with Crippen LogP contribution >= 0.6 is 0 Å². The maximum absolute atomic E-state index is 14.2. The summed E-state index contributed by atoms with van der Waals surface area (Å²) in [4.78, 5) is 29.6. The fourth-order valence-electron chi connectivity index (χ4n) is 5.22. The lowest BCUT2D eigenvalue weighted by atomic mass is 9.94. The molecule has 2 amide bonds. The predicted molar refractivity (Wildman–Crippen MR) is 148 cm³/mol. The topological polar surface area (TPSA) is 103 Å². The normalized spacial score (nSPS) is 13.9. The van der Waals surface area contributed by atoms with Gasteiger partial charge in [0.1, 0.15) is 24.0 Å². The Morgan fingerprint density at radius 1 is 1.02 bits per heavy atom. The van der Waals surface area contributed by atoms with Crippen LogP contribution in [0.1, 0.15) is 58.3 Å². The maximum atomic E-state index is 14.2. The first-order valence-electron chi connectivity index (χ1n) is 13.5. The zero-order valence-electron chi connectivity index (χ0n) is 23.0. The van der Waals surface area contributed by atoms with Gasteiger partial charge in [0, 0.05) is 17.8 Å². The summed E-state index contributed by atoms with van der Waals surface area (Å²) in [5.41, 5.74) is 5.56. The maximum Gasteiger partial charge on any atom is 0.435 e. The quantitative estimate of drug-likeness (QED) is 0.221. The molecule has 0 fully saturated rings. The van der Waals surface area contributed by atoms with Gasteiger partial charge in [-0.25, -0.2) is 13.2 Å². The molecule has 1 aliphatic rings. The van der Waals surface area contributed by atoms with Gasteiger partial charge in [0.05, 0.1) is 23.0 Å². The van der Waals surface area contributed by atoms with Crippen LogP contribution in [-0.4, -0.2) is 26.6 Å². The van der Waals surface area contributed by atoms with Crippen molar-refractivity contribution in [3.63, 3.8) is 0 Å². The van der Waals surface area contributed by atoms with E-state index in [0.29, 0.717) is 35.6 Å². The van der Waals surface area contributed by atoms with E-state index in [-0.39, 0.29) is 23.4 Å². The Morgan fingerprint density at radius 3 is 2.43 bits per heavy atom. The number of carbonyl (C=O) groups is 2. The summed E-state index contributed by atoms with van der Waals surface area (Å²) in [5, 5.41) is 6.37. The minimum atomic E-state index is -4.73. The summed E-state index contributed by atoms with van der Waals surface area (Å²) in [6.45, 7) is -0.596. The summed E-state index contributed by atoms with van der Waals surface area (Å²) >= 11 is 0. The van der Waals surface area contributed by atoms with E-state index in [1.54, 1.807) is 18.2 Å². The van der Waals surface area contributed by atoms with Crippen molar-refractivity contribution in [3.8, 4) is 11.1 Å². The number of amides is 2. The molecule has 2 aromatic carbocycles. The predicted octanol–water partition coefficient (Wildman–Crippen LogP) is 6.15. The molecular formula is C31H25F6N5O2. The number of benzene rings is 2. The van der Waals surface area contributed by atoms with Crippen LogP contribution in [0.4, 0.5) is 26.3 Å². The van der Waals surface area contributed by atoms with Crippen LogP contribution < -0.4 is 11.1 Å². The molecule has 0 spiro atoms. The van der Waals surface area contributed by atoms with E-state index < -0.39 is 59.3 Å². The zero-order chi connectivity index (χ0) is 31.6. The van der Waals surface area contributed by atoms with Crippen LogP contribution in [0.25, 0.3) is 16.7 Å². The second kappa shape index (κ2) is 12.3. The number of alkyl halides is 3. The Labute approximate surface area is 247 Å². The first kappa shape index (κ1) is 30.5. The van der Waals surface area contributed by atoms with Crippen molar-refractivity contribution >= 4 is 17.4 Å². The van der Waals surface area contributed by atoms with Crippen molar-refractivity contribution in [3.05, 3.63) is 113 Å². The number of nitrogens with zero attached hydrogens (tertiary/aromatic N) is 3. The van der Waals surface area contributed by atoms with Crippen molar-refractivity contribution in [2.75, 3.05) is 0 Å². The van der Waals surface area contributed by atoms with Crippen molar-refractivity contribution in [1.29, 1.82) is 0 Å². The van der Waals surface area contributed by atoms with Gasteiger partial charge in [0.2, 0.25) is 5.91 Å². The molecule has 0 radical (unpaired) electrons. The fraction of sp³-hybridized carbons (Fsp3) is 0.226. The van der Waals surface area contributed by atoms with Crippen LogP contribution in [0.5, 0.6) is 0 Å². The number of aromatic nitrogens is 3. The Hall–Kier alpha value is -4.94. The summed E-state index contributed by atoms with van der Waals surface area (Å²) in [5.74, 6) is -4.33. The Kier molecular flexibility index (Phi) is 8.56. The number of halogens is 6. The number of pyridine rings is 1. The smallest absolute Gasteiger partial charge is 0.366 e. The van der Waals surface area contributed by atoms with E-state index in [1.807, 2.05) is 0 Å². The molecular weight excluding hydrogens is 588 g/mol. The minimum absolute atomic E-state index is 0.150. The lowest BCUT2D eigenvalue weighted by Gasteiger charge is -2.22. The van der Waals surface area contributed by atoms with Crippen molar-refractivity contribution in [2.24, 2.45) is 5.73 Å². The molecule has 2 heterocycles. The highest BCUT2D eigenvalue weighted by Crippen LogP contribution is 2.34. The molecule has 0 unspecified atom stereocenters. The molecule has 13 heteroatoms. The molecule has 0 aliphatic heterocycles. The number of carbonyl (C=O) groups excluding carboxylic acids is 2. The van der Waals surface area contributed by atoms with E-state index in [4.69, 9.17) is 5.73 Å². The summed E-state index contributed by atoms with van der Waals surface area (Å²) in [6.07, 6.45) is 0.251. The molecule has 0 saturated carbocycles. The van der Waals surface area contributed by atoms with E-state index in [9.17, 15) is 35.9 Å². The number of allylic oxidation sites excluding steroid dienone is 2. The third-order valence-corrected chi connectivity index (χ3v) is 7.14. The highest BCUT2D eigenvalue weighted by Gasteiger charge is 2.36. The van der Waals surface area contributed by atoms with E-state index >= 15 is 0 Å². The van der Waals surface area contributed by atoms with Gasteiger partial charge in [-0.05, 0) is 78.8 Å². The molecule has 7 nitrogen and oxygen atoms in total. The van der Waals surface area contributed by atoms with Crippen LogP contribution in [-0.2, 0) is 23.9 Å². The molecule has 1 aliphatic carbocycles. The molecule has 2 aromatic heterocycles. The second-order valence-corrected chi connectivity index (χ2v) is 10.3. The molecule has 0 saturated heterocycles. The largest absolute Gasteiger partial charge is 0.435 e. The van der Waals surface area contributed by atoms with E-state index in [0.717, 1.165) is 35.4 Å². The standard InChI is InChI=1S/C31H25F6N5O2/c32-20-10-17(11-21(33)14-20)12-25(29-22(6-3-9-39-29)19-7-8-24(34)23(13-19)30(38)44)40-28(43)16-42-26(18-4-1-2-5-18)15-27(41-42)31(35,36)37/h3-4,6-11,13-15,25H,1-2,5,12,16H2,(H2,38,44)(H,40,43)/t25-/m0/s1. The Bertz CT molecular complexity index is 1740.